The Morgan fingerprint density at radius 1 is 1.24 bits per heavy atom. The Labute approximate surface area is 121 Å². The van der Waals surface area contributed by atoms with Crippen molar-refractivity contribution < 1.29 is 19.5 Å². The monoisotopic (exact) mass is 289 g/mol. The van der Waals surface area contributed by atoms with Crippen molar-refractivity contribution in [2.45, 2.75) is 6.10 Å². The number of nitrogens with zero attached hydrogens (tertiary/aromatic N) is 1. The molecule has 0 spiro atoms. The number of aliphatic hydroxyl groups is 1. The summed E-state index contributed by atoms with van der Waals surface area (Å²) in [5.41, 5.74) is 0.489. The van der Waals surface area contributed by atoms with Crippen LogP contribution in [0.15, 0.2) is 48.5 Å². The molecule has 0 radical (unpaired) electrons. The largest absolute Gasteiger partial charge is 0.496 e. The van der Waals surface area contributed by atoms with Crippen LogP contribution in [0.3, 0.4) is 0 Å². The lowest BCUT2D eigenvalue weighted by molar-refractivity contribution is -0.386. The molecule has 6 nitrogen and oxygen atoms in total. The zero-order valence-corrected chi connectivity index (χ0v) is 11.4. The second-order valence-corrected chi connectivity index (χ2v) is 4.33. The molecule has 0 aliphatic carbocycles. The first-order valence-electron chi connectivity index (χ1n) is 6.30. The number of hydrogen-bond donors (Lipinski definition) is 1. The normalized spacial score (nSPS) is 11.7. The van der Waals surface area contributed by atoms with Gasteiger partial charge in [0.1, 0.15) is 18.5 Å². The number of aliphatic hydroxyl groups excluding tert-OH is 1. The predicted molar refractivity (Wildman–Crippen MR) is 76.5 cm³/mol. The highest BCUT2D eigenvalue weighted by Crippen LogP contribution is 2.31. The van der Waals surface area contributed by atoms with E-state index in [0.717, 1.165) is 0 Å². The fraction of sp³-hybridized carbons (Fsp3) is 0.200. The van der Waals surface area contributed by atoms with Crippen molar-refractivity contribution in [3.63, 3.8) is 0 Å². The lowest BCUT2D eigenvalue weighted by atomic mass is 10.1. The summed E-state index contributed by atoms with van der Waals surface area (Å²) < 4.78 is 10.3. The van der Waals surface area contributed by atoms with Crippen LogP contribution in [-0.2, 0) is 0 Å². The standard InChI is InChI=1S/C15H15NO5/c1-20-12-7-8-15(13(9-12)16(18)19)21-10-14(17)11-5-3-2-4-6-11/h2-9,14,17H,10H2,1H3. The number of nitro benzene ring substituents is 1. The summed E-state index contributed by atoms with van der Waals surface area (Å²) in [5, 5.41) is 21.0. The van der Waals surface area contributed by atoms with Gasteiger partial charge in [0, 0.05) is 0 Å². The van der Waals surface area contributed by atoms with Gasteiger partial charge in [-0.2, -0.15) is 0 Å². The van der Waals surface area contributed by atoms with Gasteiger partial charge in [-0.05, 0) is 17.7 Å². The molecule has 21 heavy (non-hydrogen) atoms. The van der Waals surface area contributed by atoms with E-state index in [0.29, 0.717) is 11.3 Å². The average molecular weight is 289 g/mol. The van der Waals surface area contributed by atoms with E-state index in [2.05, 4.69) is 0 Å². The molecule has 0 fully saturated rings. The quantitative estimate of drug-likeness (QED) is 0.653. The first-order valence-corrected chi connectivity index (χ1v) is 6.30. The van der Waals surface area contributed by atoms with E-state index in [-0.39, 0.29) is 18.0 Å². The van der Waals surface area contributed by atoms with Crippen molar-refractivity contribution in [3.05, 3.63) is 64.2 Å². The third kappa shape index (κ3) is 3.70. The Bertz CT molecular complexity index is 615. The smallest absolute Gasteiger partial charge is 0.314 e. The Morgan fingerprint density at radius 2 is 1.95 bits per heavy atom. The van der Waals surface area contributed by atoms with Crippen molar-refractivity contribution >= 4 is 5.69 Å². The second-order valence-electron chi connectivity index (χ2n) is 4.33. The van der Waals surface area contributed by atoms with Gasteiger partial charge < -0.3 is 14.6 Å². The van der Waals surface area contributed by atoms with Gasteiger partial charge in [-0.3, -0.25) is 10.1 Å². The number of rotatable bonds is 6. The minimum Gasteiger partial charge on any atom is -0.496 e. The fourth-order valence-corrected chi connectivity index (χ4v) is 1.83. The van der Waals surface area contributed by atoms with Crippen molar-refractivity contribution in [2.75, 3.05) is 13.7 Å². The lowest BCUT2D eigenvalue weighted by Crippen LogP contribution is -2.10. The minimum absolute atomic E-state index is 0.0722. The van der Waals surface area contributed by atoms with E-state index in [4.69, 9.17) is 9.47 Å². The number of methoxy groups -OCH3 is 1. The van der Waals surface area contributed by atoms with Gasteiger partial charge in [-0.15, -0.1) is 0 Å². The maximum Gasteiger partial charge on any atom is 0.314 e. The van der Waals surface area contributed by atoms with Crippen LogP contribution < -0.4 is 9.47 Å². The molecule has 0 aliphatic heterocycles. The van der Waals surface area contributed by atoms with Gasteiger partial charge in [0.15, 0.2) is 5.75 Å². The van der Waals surface area contributed by atoms with E-state index in [1.54, 1.807) is 30.3 Å². The van der Waals surface area contributed by atoms with Gasteiger partial charge >= 0.3 is 5.69 Å². The molecule has 110 valence electrons. The molecule has 1 unspecified atom stereocenters. The highest BCUT2D eigenvalue weighted by atomic mass is 16.6. The molecule has 0 saturated heterocycles. The molecule has 2 aromatic rings. The first kappa shape index (κ1) is 14.8. The van der Waals surface area contributed by atoms with Crippen molar-refractivity contribution in [3.8, 4) is 11.5 Å². The van der Waals surface area contributed by atoms with Crippen LogP contribution in [0.25, 0.3) is 0 Å². The molecule has 1 atom stereocenters. The summed E-state index contributed by atoms with van der Waals surface area (Å²) in [4.78, 5) is 10.5. The van der Waals surface area contributed by atoms with Crippen LogP contribution in [0, 0.1) is 10.1 Å². The molecule has 2 rings (SSSR count). The van der Waals surface area contributed by atoms with Gasteiger partial charge in [0.05, 0.1) is 18.1 Å². The third-order valence-corrected chi connectivity index (χ3v) is 2.94. The zero-order valence-electron chi connectivity index (χ0n) is 11.4. The number of hydrogen-bond acceptors (Lipinski definition) is 5. The van der Waals surface area contributed by atoms with E-state index in [1.807, 2.05) is 6.07 Å². The Hall–Kier alpha value is -2.60. The first-order chi connectivity index (χ1) is 10.1. The maximum absolute atomic E-state index is 11.0. The van der Waals surface area contributed by atoms with Crippen molar-refractivity contribution in [1.82, 2.24) is 0 Å². The van der Waals surface area contributed by atoms with Crippen LogP contribution in [0.1, 0.15) is 11.7 Å². The number of nitro groups is 1. The van der Waals surface area contributed by atoms with Gasteiger partial charge in [0.25, 0.3) is 0 Å². The van der Waals surface area contributed by atoms with Crippen LogP contribution in [0.5, 0.6) is 11.5 Å². The van der Waals surface area contributed by atoms with Crippen LogP contribution in [0.2, 0.25) is 0 Å². The highest BCUT2D eigenvalue weighted by Gasteiger charge is 2.18. The van der Waals surface area contributed by atoms with E-state index in [9.17, 15) is 15.2 Å². The van der Waals surface area contributed by atoms with Gasteiger partial charge in [0.2, 0.25) is 0 Å². The maximum atomic E-state index is 11.0. The molecule has 0 heterocycles. The SMILES string of the molecule is COc1ccc(OCC(O)c2ccccc2)c([N+](=O)[O-])c1. The Kier molecular flexibility index (Phi) is 4.73. The fourth-order valence-electron chi connectivity index (χ4n) is 1.83. The molecule has 0 aromatic heterocycles. The summed E-state index contributed by atoms with van der Waals surface area (Å²) in [7, 11) is 1.43. The van der Waals surface area contributed by atoms with Crippen molar-refractivity contribution in [1.29, 1.82) is 0 Å². The predicted octanol–water partition coefficient (Wildman–Crippen LogP) is 2.72. The average Bonchev–Trinajstić information content (AvgIpc) is 2.53. The molecule has 0 amide bonds. The van der Waals surface area contributed by atoms with Crippen LogP contribution in [0.4, 0.5) is 5.69 Å². The van der Waals surface area contributed by atoms with E-state index < -0.39 is 11.0 Å². The van der Waals surface area contributed by atoms with E-state index >= 15 is 0 Å². The summed E-state index contributed by atoms with van der Waals surface area (Å²) in [5.74, 6) is 0.466. The topological polar surface area (TPSA) is 81.8 Å². The lowest BCUT2D eigenvalue weighted by Gasteiger charge is -2.13. The summed E-state index contributed by atoms with van der Waals surface area (Å²) in [6.07, 6.45) is -0.854. The molecule has 0 bridgehead atoms. The van der Waals surface area contributed by atoms with Gasteiger partial charge in [-0.25, -0.2) is 0 Å². The van der Waals surface area contributed by atoms with Crippen LogP contribution >= 0.6 is 0 Å². The summed E-state index contributed by atoms with van der Waals surface area (Å²) >= 11 is 0. The Morgan fingerprint density at radius 3 is 2.57 bits per heavy atom. The Balaban J connectivity index is 2.11. The minimum atomic E-state index is -0.854. The number of ether oxygens (including phenoxy) is 2. The van der Waals surface area contributed by atoms with Crippen LogP contribution in [-0.4, -0.2) is 23.7 Å². The van der Waals surface area contributed by atoms with E-state index in [1.165, 1.54) is 19.2 Å². The molecular weight excluding hydrogens is 274 g/mol. The third-order valence-electron chi connectivity index (χ3n) is 2.94. The molecule has 0 aliphatic rings. The van der Waals surface area contributed by atoms with Crippen molar-refractivity contribution in [2.24, 2.45) is 0 Å². The molecule has 0 saturated carbocycles. The molecule has 1 N–H and O–H groups in total. The highest BCUT2D eigenvalue weighted by molar-refractivity contribution is 5.50. The molecule has 2 aromatic carbocycles. The summed E-state index contributed by atoms with van der Waals surface area (Å²) in [6.45, 7) is -0.0722. The van der Waals surface area contributed by atoms with Gasteiger partial charge in [-0.1, -0.05) is 30.3 Å². The zero-order chi connectivity index (χ0) is 15.2. The summed E-state index contributed by atoms with van der Waals surface area (Å²) in [6, 6.07) is 13.3. The molecule has 6 heteroatoms. The molecular formula is C15H15NO5. The number of benzene rings is 2. The second kappa shape index (κ2) is 6.71.